The highest BCUT2D eigenvalue weighted by Crippen LogP contribution is 2.27. The standard InChI is InChI=1S/C19H20N6OS/c20-8-12-4-1-2-5-13(12)9-25-18(26)17-16(15(22)11-27-17)23-19(25)24-7-3-6-14(21)10-24/h1-2,4-5,11,14H,3,6-7,9-10,21-22H2/t14-/m1/s1. The van der Waals surface area contributed by atoms with Gasteiger partial charge in [-0.25, -0.2) is 4.98 Å². The van der Waals surface area contributed by atoms with Gasteiger partial charge in [0, 0.05) is 24.5 Å². The second kappa shape index (κ2) is 7.02. The Morgan fingerprint density at radius 1 is 1.37 bits per heavy atom. The van der Waals surface area contributed by atoms with E-state index in [-0.39, 0.29) is 18.1 Å². The Labute approximate surface area is 160 Å². The Balaban J connectivity index is 1.89. The van der Waals surface area contributed by atoms with Gasteiger partial charge in [0.1, 0.15) is 10.2 Å². The van der Waals surface area contributed by atoms with Crippen molar-refractivity contribution >= 4 is 33.2 Å². The molecule has 0 radical (unpaired) electrons. The quantitative estimate of drug-likeness (QED) is 0.717. The highest BCUT2D eigenvalue weighted by molar-refractivity contribution is 7.17. The first kappa shape index (κ1) is 17.5. The lowest BCUT2D eigenvalue weighted by Crippen LogP contribution is -2.45. The van der Waals surface area contributed by atoms with Crippen LogP contribution in [0.1, 0.15) is 24.0 Å². The van der Waals surface area contributed by atoms with Crippen molar-refractivity contribution in [2.24, 2.45) is 5.73 Å². The largest absolute Gasteiger partial charge is 0.396 e. The van der Waals surface area contributed by atoms with Crippen LogP contribution in [0.2, 0.25) is 0 Å². The molecule has 1 aliphatic heterocycles. The monoisotopic (exact) mass is 380 g/mol. The second-order valence-electron chi connectivity index (χ2n) is 6.79. The van der Waals surface area contributed by atoms with E-state index in [2.05, 4.69) is 11.0 Å². The predicted octanol–water partition coefficient (Wildman–Crippen LogP) is 1.89. The molecule has 0 saturated carbocycles. The van der Waals surface area contributed by atoms with Gasteiger partial charge in [-0.05, 0) is 24.5 Å². The molecular formula is C19H20N6OS. The van der Waals surface area contributed by atoms with Crippen molar-refractivity contribution in [2.45, 2.75) is 25.4 Å². The zero-order valence-electron chi connectivity index (χ0n) is 14.8. The van der Waals surface area contributed by atoms with Gasteiger partial charge in [-0.1, -0.05) is 18.2 Å². The first-order chi connectivity index (χ1) is 13.1. The molecular weight excluding hydrogens is 360 g/mol. The zero-order valence-corrected chi connectivity index (χ0v) is 15.6. The van der Waals surface area contributed by atoms with Crippen LogP contribution in [0.4, 0.5) is 11.6 Å². The van der Waals surface area contributed by atoms with Gasteiger partial charge in [0.2, 0.25) is 5.95 Å². The Kier molecular flexibility index (Phi) is 4.56. The lowest BCUT2D eigenvalue weighted by Gasteiger charge is -2.33. The molecule has 0 bridgehead atoms. The van der Waals surface area contributed by atoms with Gasteiger partial charge in [0.15, 0.2) is 0 Å². The first-order valence-electron chi connectivity index (χ1n) is 8.84. The molecule has 3 heterocycles. The van der Waals surface area contributed by atoms with Gasteiger partial charge in [-0.2, -0.15) is 5.26 Å². The number of nitrogens with zero attached hydrogens (tertiary/aromatic N) is 4. The molecule has 3 aromatic rings. The Hall–Kier alpha value is -2.89. The van der Waals surface area contributed by atoms with E-state index in [1.165, 1.54) is 11.3 Å². The lowest BCUT2D eigenvalue weighted by molar-refractivity contribution is 0.492. The third-order valence-electron chi connectivity index (χ3n) is 4.89. The summed E-state index contributed by atoms with van der Waals surface area (Å²) in [5, 5.41) is 11.1. The maximum Gasteiger partial charge on any atom is 0.273 e. The van der Waals surface area contributed by atoms with Crippen LogP contribution in [0.25, 0.3) is 10.2 Å². The molecule has 1 aliphatic rings. The number of rotatable bonds is 3. The van der Waals surface area contributed by atoms with Crippen molar-refractivity contribution in [3.63, 3.8) is 0 Å². The van der Waals surface area contributed by atoms with Crippen LogP contribution in [0.15, 0.2) is 34.4 Å². The van der Waals surface area contributed by atoms with Gasteiger partial charge < -0.3 is 16.4 Å². The number of anilines is 2. The van der Waals surface area contributed by atoms with E-state index in [0.29, 0.717) is 34.0 Å². The maximum absolute atomic E-state index is 13.2. The van der Waals surface area contributed by atoms with Crippen LogP contribution in [-0.2, 0) is 6.54 Å². The average molecular weight is 380 g/mol. The molecule has 1 fully saturated rings. The van der Waals surface area contributed by atoms with Crippen LogP contribution in [0, 0.1) is 11.3 Å². The molecule has 0 unspecified atom stereocenters. The summed E-state index contributed by atoms with van der Waals surface area (Å²) >= 11 is 1.30. The third kappa shape index (κ3) is 3.16. The van der Waals surface area contributed by atoms with E-state index < -0.39 is 0 Å². The highest BCUT2D eigenvalue weighted by atomic mass is 32.1. The van der Waals surface area contributed by atoms with Gasteiger partial charge >= 0.3 is 0 Å². The molecule has 0 amide bonds. The molecule has 1 atom stereocenters. The maximum atomic E-state index is 13.2. The number of piperidine rings is 1. The Morgan fingerprint density at radius 3 is 2.96 bits per heavy atom. The van der Waals surface area contributed by atoms with Crippen molar-refractivity contribution in [3.05, 3.63) is 51.1 Å². The summed E-state index contributed by atoms with van der Waals surface area (Å²) in [6, 6.07) is 9.55. The van der Waals surface area contributed by atoms with E-state index >= 15 is 0 Å². The molecule has 0 spiro atoms. The van der Waals surface area contributed by atoms with Crippen molar-refractivity contribution in [3.8, 4) is 6.07 Å². The predicted molar refractivity (Wildman–Crippen MR) is 108 cm³/mol. The highest BCUT2D eigenvalue weighted by Gasteiger charge is 2.24. The number of thiophene rings is 1. The van der Waals surface area contributed by atoms with Gasteiger partial charge in [0.25, 0.3) is 5.56 Å². The fourth-order valence-corrected chi connectivity index (χ4v) is 4.36. The lowest BCUT2D eigenvalue weighted by atomic mass is 10.1. The molecule has 1 saturated heterocycles. The Bertz CT molecular complexity index is 1100. The van der Waals surface area contributed by atoms with Gasteiger partial charge in [-0.15, -0.1) is 11.3 Å². The van der Waals surface area contributed by atoms with Crippen LogP contribution in [-0.4, -0.2) is 28.7 Å². The second-order valence-corrected chi connectivity index (χ2v) is 7.67. The molecule has 2 aromatic heterocycles. The summed E-state index contributed by atoms with van der Waals surface area (Å²) < 4.78 is 2.18. The van der Waals surface area contributed by atoms with E-state index in [1.807, 2.05) is 18.2 Å². The Morgan fingerprint density at radius 2 is 2.19 bits per heavy atom. The number of benzene rings is 1. The number of aromatic nitrogens is 2. The molecule has 8 heteroatoms. The number of nitriles is 1. The summed E-state index contributed by atoms with van der Waals surface area (Å²) in [5.74, 6) is 0.570. The van der Waals surface area contributed by atoms with Crippen LogP contribution in [0.3, 0.4) is 0 Å². The van der Waals surface area contributed by atoms with Gasteiger partial charge in [0.05, 0.1) is 23.9 Å². The summed E-state index contributed by atoms with van der Waals surface area (Å²) in [4.78, 5) is 20.0. The smallest absolute Gasteiger partial charge is 0.273 e. The third-order valence-corrected chi connectivity index (χ3v) is 5.87. The molecule has 27 heavy (non-hydrogen) atoms. The van der Waals surface area contributed by atoms with Crippen LogP contribution in [0.5, 0.6) is 0 Å². The minimum atomic E-state index is -0.136. The number of nitrogens with two attached hydrogens (primary N) is 2. The van der Waals surface area contributed by atoms with E-state index in [4.69, 9.17) is 16.5 Å². The molecule has 7 nitrogen and oxygen atoms in total. The summed E-state index contributed by atoms with van der Waals surface area (Å²) in [6.45, 7) is 1.71. The number of fused-ring (bicyclic) bond motifs is 1. The van der Waals surface area contributed by atoms with E-state index in [9.17, 15) is 10.1 Å². The van der Waals surface area contributed by atoms with Crippen molar-refractivity contribution in [2.75, 3.05) is 23.7 Å². The molecule has 4 N–H and O–H groups in total. The number of hydrogen-bond donors (Lipinski definition) is 2. The molecule has 4 rings (SSSR count). The van der Waals surface area contributed by atoms with E-state index in [1.54, 1.807) is 16.0 Å². The minimum absolute atomic E-state index is 0.0472. The number of hydrogen-bond acceptors (Lipinski definition) is 7. The minimum Gasteiger partial charge on any atom is -0.396 e. The molecule has 1 aromatic carbocycles. The van der Waals surface area contributed by atoms with Gasteiger partial charge in [-0.3, -0.25) is 9.36 Å². The summed E-state index contributed by atoms with van der Waals surface area (Å²) in [5.41, 5.74) is 14.4. The van der Waals surface area contributed by atoms with Crippen LogP contribution < -0.4 is 21.9 Å². The average Bonchev–Trinajstić information content (AvgIpc) is 3.05. The molecule has 0 aliphatic carbocycles. The SMILES string of the molecule is N#Cc1ccccc1Cn1c(N2CCC[C@@H](N)C2)nc2c(N)csc2c1=O. The fraction of sp³-hybridized carbons (Fsp3) is 0.316. The molecule has 138 valence electrons. The topological polar surface area (TPSA) is 114 Å². The van der Waals surface area contributed by atoms with E-state index in [0.717, 1.165) is 24.9 Å². The van der Waals surface area contributed by atoms with Crippen molar-refractivity contribution < 1.29 is 0 Å². The normalized spacial score (nSPS) is 17.2. The summed E-state index contributed by atoms with van der Waals surface area (Å²) in [7, 11) is 0. The van der Waals surface area contributed by atoms with Crippen molar-refractivity contribution in [1.82, 2.24) is 9.55 Å². The summed E-state index contributed by atoms with van der Waals surface area (Å²) in [6.07, 6.45) is 1.91. The fourth-order valence-electron chi connectivity index (χ4n) is 3.52. The van der Waals surface area contributed by atoms with Crippen molar-refractivity contribution in [1.29, 1.82) is 5.26 Å². The zero-order chi connectivity index (χ0) is 19.0. The number of nitrogen functional groups attached to an aromatic ring is 1. The first-order valence-corrected chi connectivity index (χ1v) is 9.72. The van der Waals surface area contributed by atoms with Crippen LogP contribution >= 0.6 is 11.3 Å².